The van der Waals surface area contributed by atoms with Crippen LogP contribution in [-0.2, 0) is 6.42 Å². The Morgan fingerprint density at radius 1 is 0.667 bits per heavy atom. The minimum absolute atomic E-state index is 0.976. The number of fused-ring (bicyclic) bond motifs is 6. The quantitative estimate of drug-likeness (QED) is 0.133. The fraction of sp³-hybridized carbons (Fsp3) is 0.216. The zero-order valence-electron chi connectivity index (χ0n) is 22.9. The summed E-state index contributed by atoms with van der Waals surface area (Å²) in [6.45, 7) is 6.22. The first-order valence-electron chi connectivity index (χ1n) is 14.4. The molecule has 0 aliphatic carbocycles. The predicted molar refractivity (Wildman–Crippen MR) is 169 cm³/mol. The van der Waals surface area contributed by atoms with Crippen molar-refractivity contribution in [1.29, 1.82) is 0 Å². The Bertz CT molecular complexity index is 1740. The van der Waals surface area contributed by atoms with Gasteiger partial charge in [0.25, 0.3) is 0 Å². The average Bonchev–Trinajstić information content (AvgIpc) is 3.40. The maximum Gasteiger partial charge on any atom is 0.145 e. The van der Waals surface area contributed by atoms with Crippen LogP contribution in [0, 0.1) is 0 Å². The number of nitrogens with zero attached hydrogens (tertiary/aromatic N) is 2. The van der Waals surface area contributed by atoms with Gasteiger partial charge in [-0.05, 0) is 46.9 Å². The molecule has 0 radical (unpaired) electrons. The van der Waals surface area contributed by atoms with Crippen LogP contribution in [0.2, 0.25) is 0 Å². The molecule has 39 heavy (non-hydrogen) atoms. The lowest BCUT2D eigenvalue weighted by molar-refractivity contribution is 0.607. The highest BCUT2D eigenvalue weighted by atomic mass is 15.1. The highest BCUT2D eigenvalue weighted by Crippen LogP contribution is 2.39. The molecule has 1 aromatic heterocycles. The summed E-state index contributed by atoms with van der Waals surface area (Å²) in [5.41, 5.74) is 6.96. The van der Waals surface area contributed by atoms with Crippen molar-refractivity contribution in [3.8, 4) is 17.1 Å². The second-order valence-electron chi connectivity index (χ2n) is 10.6. The third kappa shape index (κ3) is 4.88. The van der Waals surface area contributed by atoms with E-state index in [1.807, 2.05) is 6.08 Å². The van der Waals surface area contributed by atoms with E-state index in [1.165, 1.54) is 65.6 Å². The molecule has 194 valence electrons. The number of hydrogen-bond donors (Lipinski definition) is 0. The molecular formula is C37H36N2. The highest BCUT2D eigenvalue weighted by molar-refractivity contribution is 6.24. The van der Waals surface area contributed by atoms with Gasteiger partial charge in [0, 0.05) is 22.0 Å². The topological polar surface area (TPSA) is 17.8 Å². The predicted octanol–water partition coefficient (Wildman–Crippen LogP) is 10.5. The summed E-state index contributed by atoms with van der Waals surface area (Å²) in [5, 5.41) is 4.91. The van der Waals surface area contributed by atoms with Gasteiger partial charge in [-0.15, -0.1) is 0 Å². The summed E-state index contributed by atoms with van der Waals surface area (Å²) in [6.07, 6.45) is 11.0. The van der Waals surface area contributed by atoms with Crippen LogP contribution in [-0.4, -0.2) is 9.55 Å². The van der Waals surface area contributed by atoms with Gasteiger partial charge in [-0.25, -0.2) is 4.98 Å². The second-order valence-corrected chi connectivity index (χ2v) is 10.6. The Morgan fingerprint density at radius 2 is 1.28 bits per heavy atom. The van der Waals surface area contributed by atoms with Crippen molar-refractivity contribution in [3.05, 3.63) is 115 Å². The van der Waals surface area contributed by atoms with Gasteiger partial charge in [0.1, 0.15) is 5.82 Å². The smallest absolute Gasteiger partial charge is 0.145 e. The van der Waals surface area contributed by atoms with Crippen LogP contribution in [0.4, 0.5) is 0 Å². The summed E-state index contributed by atoms with van der Waals surface area (Å²) in [6, 6.07) is 35.1. The molecule has 0 N–H and O–H groups in total. The third-order valence-corrected chi connectivity index (χ3v) is 7.95. The first-order valence-corrected chi connectivity index (χ1v) is 14.4. The Morgan fingerprint density at radius 3 is 1.97 bits per heavy atom. The van der Waals surface area contributed by atoms with E-state index in [-0.39, 0.29) is 0 Å². The van der Waals surface area contributed by atoms with Crippen molar-refractivity contribution in [2.45, 2.75) is 51.9 Å². The molecule has 0 aliphatic rings. The Kier molecular flexibility index (Phi) is 7.27. The van der Waals surface area contributed by atoms with Crippen molar-refractivity contribution in [2.24, 2.45) is 0 Å². The zero-order valence-corrected chi connectivity index (χ0v) is 22.9. The van der Waals surface area contributed by atoms with Crippen LogP contribution in [0.1, 0.15) is 56.6 Å². The van der Waals surface area contributed by atoms with Crippen molar-refractivity contribution in [3.63, 3.8) is 0 Å². The van der Waals surface area contributed by atoms with Crippen LogP contribution >= 0.6 is 0 Å². The van der Waals surface area contributed by atoms with E-state index >= 15 is 0 Å². The van der Waals surface area contributed by atoms with E-state index in [2.05, 4.69) is 115 Å². The first kappa shape index (κ1) is 25.1. The van der Waals surface area contributed by atoms with E-state index in [0.717, 1.165) is 40.1 Å². The molecule has 0 saturated carbocycles. The van der Waals surface area contributed by atoms with E-state index in [4.69, 9.17) is 4.98 Å². The molecule has 6 rings (SSSR count). The fourth-order valence-electron chi connectivity index (χ4n) is 5.84. The summed E-state index contributed by atoms with van der Waals surface area (Å²) >= 11 is 0. The van der Waals surface area contributed by atoms with Crippen molar-refractivity contribution in [1.82, 2.24) is 9.55 Å². The van der Waals surface area contributed by atoms with Crippen LogP contribution in [0.5, 0.6) is 0 Å². The molecule has 0 spiro atoms. The Labute approximate surface area is 231 Å². The van der Waals surface area contributed by atoms with Gasteiger partial charge in [0.15, 0.2) is 0 Å². The van der Waals surface area contributed by atoms with Gasteiger partial charge >= 0.3 is 0 Å². The van der Waals surface area contributed by atoms with E-state index in [0.29, 0.717) is 0 Å². The second kappa shape index (κ2) is 11.3. The first-order chi connectivity index (χ1) is 19.3. The number of unbranched alkanes of at least 4 members (excludes halogenated alkanes) is 5. The van der Waals surface area contributed by atoms with Crippen LogP contribution in [0.25, 0.3) is 55.7 Å². The molecule has 6 aromatic rings. The lowest BCUT2D eigenvalue weighted by Crippen LogP contribution is -1.98. The lowest BCUT2D eigenvalue weighted by atomic mass is 10.00. The summed E-state index contributed by atoms with van der Waals surface area (Å²) in [7, 11) is 0. The highest BCUT2D eigenvalue weighted by Gasteiger charge is 2.20. The van der Waals surface area contributed by atoms with Gasteiger partial charge in [0.05, 0.1) is 11.0 Å². The maximum absolute atomic E-state index is 5.36. The van der Waals surface area contributed by atoms with Gasteiger partial charge in [-0.2, -0.15) is 0 Å². The standard InChI is InChI=1S/C37H36N2/c1-3-5-6-7-8-9-14-28-19-23-29(24-20-28)37-38-35-33-17-12-10-15-31(33)32-16-11-13-18-34(32)36(35)39(37)30-25-21-27(4-2)22-26-30/h4,10-13,15-26H,2-3,5-9,14H2,1H3. The molecule has 0 aliphatic heterocycles. The van der Waals surface area contributed by atoms with E-state index in [9.17, 15) is 0 Å². The lowest BCUT2D eigenvalue weighted by Gasteiger charge is -2.13. The minimum atomic E-state index is 0.976. The molecule has 2 heteroatoms. The van der Waals surface area contributed by atoms with Gasteiger partial charge in [-0.3, -0.25) is 4.57 Å². The van der Waals surface area contributed by atoms with Gasteiger partial charge in [0.2, 0.25) is 0 Å². The normalized spacial score (nSPS) is 11.5. The largest absolute Gasteiger partial charge is 0.292 e. The number of benzene rings is 5. The summed E-state index contributed by atoms with van der Waals surface area (Å²) in [4.78, 5) is 5.36. The number of aryl methyl sites for hydroxylation is 1. The number of aromatic nitrogens is 2. The maximum atomic E-state index is 5.36. The van der Waals surface area contributed by atoms with Crippen molar-refractivity contribution in [2.75, 3.05) is 0 Å². The van der Waals surface area contributed by atoms with Gasteiger partial charge < -0.3 is 0 Å². The number of imidazole rings is 1. The number of hydrogen-bond acceptors (Lipinski definition) is 1. The molecule has 5 aromatic carbocycles. The molecule has 0 unspecified atom stereocenters. The molecule has 0 atom stereocenters. The van der Waals surface area contributed by atoms with E-state index < -0.39 is 0 Å². The van der Waals surface area contributed by atoms with E-state index in [1.54, 1.807) is 0 Å². The van der Waals surface area contributed by atoms with Crippen LogP contribution < -0.4 is 0 Å². The van der Waals surface area contributed by atoms with Gasteiger partial charge in [-0.1, -0.05) is 137 Å². The Balaban J connectivity index is 1.48. The number of rotatable bonds is 10. The monoisotopic (exact) mass is 508 g/mol. The zero-order chi connectivity index (χ0) is 26.6. The third-order valence-electron chi connectivity index (χ3n) is 7.95. The average molecular weight is 509 g/mol. The molecule has 0 saturated heterocycles. The molecule has 2 nitrogen and oxygen atoms in total. The molecule has 0 bridgehead atoms. The Hall–Kier alpha value is -4.17. The van der Waals surface area contributed by atoms with Crippen molar-refractivity contribution >= 4 is 38.7 Å². The minimum Gasteiger partial charge on any atom is -0.292 e. The molecule has 1 heterocycles. The fourth-order valence-corrected chi connectivity index (χ4v) is 5.84. The summed E-state index contributed by atoms with van der Waals surface area (Å²) in [5.74, 6) is 0.976. The SMILES string of the molecule is C=Cc1ccc(-n2c(-c3ccc(CCCCCCCC)cc3)nc3c4ccccc4c4ccccc4c32)cc1. The summed E-state index contributed by atoms with van der Waals surface area (Å²) < 4.78 is 2.35. The van der Waals surface area contributed by atoms with Crippen LogP contribution in [0.3, 0.4) is 0 Å². The molecule has 0 amide bonds. The van der Waals surface area contributed by atoms with Crippen molar-refractivity contribution < 1.29 is 0 Å². The van der Waals surface area contributed by atoms with Crippen LogP contribution in [0.15, 0.2) is 104 Å². The molecule has 0 fully saturated rings. The molecular weight excluding hydrogens is 472 g/mol.